The number of hydrogen-bond donors (Lipinski definition) is 1. The number of ether oxygens (including phenoxy) is 1. The highest BCUT2D eigenvalue weighted by molar-refractivity contribution is 6.33. The molecule has 27 heavy (non-hydrogen) atoms. The minimum Gasteiger partial charge on any atom is -0.454 e. The summed E-state index contributed by atoms with van der Waals surface area (Å²) in [6.07, 6.45) is 0.398. The zero-order valence-electron chi connectivity index (χ0n) is 14.9. The van der Waals surface area contributed by atoms with Crippen LogP contribution in [-0.2, 0) is 9.53 Å². The first-order valence-electron chi connectivity index (χ1n) is 8.32. The lowest BCUT2D eigenvalue weighted by Crippen LogP contribution is -2.16. The van der Waals surface area contributed by atoms with Crippen molar-refractivity contribution in [2.24, 2.45) is 5.92 Å². The number of amides is 1. The highest BCUT2D eigenvalue weighted by Crippen LogP contribution is 2.20. The third-order valence-corrected chi connectivity index (χ3v) is 3.90. The number of esters is 1. The molecule has 0 aliphatic rings. The van der Waals surface area contributed by atoms with E-state index in [1.165, 1.54) is 24.3 Å². The fraction of sp³-hybridized carbons (Fsp3) is 0.250. The summed E-state index contributed by atoms with van der Waals surface area (Å²) in [6, 6.07) is 9.99. The van der Waals surface area contributed by atoms with Crippen LogP contribution in [0.1, 0.15) is 41.0 Å². The van der Waals surface area contributed by atoms with Gasteiger partial charge in [-0.3, -0.25) is 9.59 Å². The monoisotopic (exact) mass is 391 g/mol. The second-order valence-electron chi connectivity index (χ2n) is 6.32. The maximum atomic E-state index is 13.7. The quantitative estimate of drug-likeness (QED) is 0.557. The van der Waals surface area contributed by atoms with Gasteiger partial charge >= 0.3 is 5.97 Å². The molecule has 2 rings (SSSR count). The molecule has 0 unspecified atom stereocenters. The van der Waals surface area contributed by atoms with Crippen LogP contribution >= 0.6 is 11.6 Å². The van der Waals surface area contributed by atoms with Crippen LogP contribution in [0.15, 0.2) is 42.5 Å². The SMILES string of the molecule is CC(C)CC(=O)Nc1ccc(C(=O)COC(=O)c2c(F)cccc2Cl)cc1. The summed E-state index contributed by atoms with van der Waals surface area (Å²) < 4.78 is 18.5. The molecule has 0 heterocycles. The summed E-state index contributed by atoms with van der Waals surface area (Å²) >= 11 is 5.79. The number of carbonyl (C=O) groups excluding carboxylic acids is 3. The van der Waals surface area contributed by atoms with Gasteiger partial charge < -0.3 is 10.1 Å². The fourth-order valence-corrected chi connectivity index (χ4v) is 2.54. The van der Waals surface area contributed by atoms with Gasteiger partial charge in [-0.2, -0.15) is 0 Å². The number of carbonyl (C=O) groups is 3. The van der Waals surface area contributed by atoms with Crippen molar-refractivity contribution in [1.29, 1.82) is 0 Å². The minimum atomic E-state index is -1.01. The van der Waals surface area contributed by atoms with Gasteiger partial charge in [0.05, 0.1) is 5.02 Å². The van der Waals surface area contributed by atoms with Gasteiger partial charge in [-0.25, -0.2) is 9.18 Å². The molecule has 0 aromatic heterocycles. The van der Waals surface area contributed by atoms with Crippen LogP contribution in [0.2, 0.25) is 5.02 Å². The predicted octanol–water partition coefficient (Wildman–Crippen LogP) is 4.50. The van der Waals surface area contributed by atoms with Crippen LogP contribution in [-0.4, -0.2) is 24.3 Å². The number of anilines is 1. The van der Waals surface area contributed by atoms with Crippen molar-refractivity contribution >= 4 is 34.9 Å². The Morgan fingerprint density at radius 2 is 1.78 bits per heavy atom. The predicted molar refractivity (Wildman–Crippen MR) is 101 cm³/mol. The van der Waals surface area contributed by atoms with E-state index in [1.807, 2.05) is 13.8 Å². The van der Waals surface area contributed by atoms with Crippen molar-refractivity contribution in [2.45, 2.75) is 20.3 Å². The molecule has 1 N–H and O–H groups in total. The molecule has 142 valence electrons. The summed E-state index contributed by atoms with van der Waals surface area (Å²) in [6.45, 7) is 3.33. The van der Waals surface area contributed by atoms with Crippen molar-refractivity contribution in [2.75, 3.05) is 11.9 Å². The van der Waals surface area contributed by atoms with Crippen molar-refractivity contribution < 1.29 is 23.5 Å². The summed E-state index contributed by atoms with van der Waals surface area (Å²) in [5.74, 6) is -2.16. The Labute approximate surface area is 161 Å². The van der Waals surface area contributed by atoms with Crippen LogP contribution in [0.4, 0.5) is 10.1 Å². The van der Waals surface area contributed by atoms with Crippen molar-refractivity contribution in [1.82, 2.24) is 0 Å². The van der Waals surface area contributed by atoms with E-state index in [2.05, 4.69) is 5.32 Å². The molecule has 2 aromatic rings. The van der Waals surface area contributed by atoms with E-state index in [9.17, 15) is 18.8 Å². The van der Waals surface area contributed by atoms with E-state index in [0.29, 0.717) is 17.7 Å². The Morgan fingerprint density at radius 3 is 2.37 bits per heavy atom. The number of ketones is 1. The fourth-order valence-electron chi connectivity index (χ4n) is 2.30. The minimum absolute atomic E-state index is 0.0889. The molecule has 0 aliphatic carbocycles. The number of halogens is 2. The van der Waals surface area contributed by atoms with Gasteiger partial charge in [0, 0.05) is 17.7 Å². The Hall–Kier alpha value is -2.73. The van der Waals surface area contributed by atoms with Gasteiger partial charge in [0.15, 0.2) is 12.4 Å². The van der Waals surface area contributed by atoms with Crippen LogP contribution in [0.5, 0.6) is 0 Å². The Kier molecular flexibility index (Phi) is 7.07. The topological polar surface area (TPSA) is 72.5 Å². The molecule has 1 amide bonds. The van der Waals surface area contributed by atoms with Gasteiger partial charge in [0.25, 0.3) is 0 Å². The second-order valence-corrected chi connectivity index (χ2v) is 6.73. The van der Waals surface area contributed by atoms with E-state index in [4.69, 9.17) is 16.3 Å². The number of rotatable bonds is 7. The van der Waals surface area contributed by atoms with Crippen LogP contribution in [0.25, 0.3) is 0 Å². The normalized spacial score (nSPS) is 10.6. The zero-order valence-corrected chi connectivity index (χ0v) is 15.7. The van der Waals surface area contributed by atoms with Gasteiger partial charge in [-0.1, -0.05) is 31.5 Å². The highest BCUT2D eigenvalue weighted by Gasteiger charge is 2.19. The van der Waals surface area contributed by atoms with E-state index in [-0.39, 0.29) is 16.8 Å². The lowest BCUT2D eigenvalue weighted by molar-refractivity contribution is -0.116. The van der Waals surface area contributed by atoms with E-state index >= 15 is 0 Å². The van der Waals surface area contributed by atoms with E-state index < -0.39 is 29.7 Å². The Morgan fingerprint density at radius 1 is 1.11 bits per heavy atom. The van der Waals surface area contributed by atoms with Crippen molar-refractivity contribution in [3.05, 3.63) is 64.4 Å². The van der Waals surface area contributed by atoms with Crippen LogP contribution in [0, 0.1) is 11.7 Å². The van der Waals surface area contributed by atoms with Gasteiger partial charge in [0.2, 0.25) is 5.91 Å². The third kappa shape index (κ3) is 5.89. The van der Waals surface area contributed by atoms with Crippen molar-refractivity contribution in [3.63, 3.8) is 0 Å². The molecule has 5 nitrogen and oxygen atoms in total. The number of hydrogen-bond acceptors (Lipinski definition) is 4. The summed E-state index contributed by atoms with van der Waals surface area (Å²) in [4.78, 5) is 35.8. The first-order chi connectivity index (χ1) is 12.8. The highest BCUT2D eigenvalue weighted by atomic mass is 35.5. The molecule has 0 atom stereocenters. The standard InChI is InChI=1S/C20H19ClFNO4/c1-12(2)10-18(25)23-14-8-6-13(7-9-14)17(24)11-27-20(26)19-15(21)4-3-5-16(19)22/h3-9,12H,10-11H2,1-2H3,(H,23,25). The first-order valence-corrected chi connectivity index (χ1v) is 8.70. The zero-order chi connectivity index (χ0) is 20.0. The molecule has 0 fully saturated rings. The molecule has 0 aliphatic heterocycles. The van der Waals surface area contributed by atoms with E-state index in [0.717, 1.165) is 6.07 Å². The lowest BCUT2D eigenvalue weighted by atomic mass is 10.1. The third-order valence-electron chi connectivity index (χ3n) is 3.59. The molecule has 0 saturated carbocycles. The molecule has 2 aromatic carbocycles. The first kappa shape index (κ1) is 20.6. The number of Topliss-reactive ketones (excluding diaryl/α,β-unsaturated/α-hetero) is 1. The number of benzene rings is 2. The Bertz CT molecular complexity index is 829. The summed E-state index contributed by atoms with van der Waals surface area (Å²) in [5.41, 5.74) is 0.451. The molecule has 0 bridgehead atoms. The average Bonchev–Trinajstić information content (AvgIpc) is 2.59. The smallest absolute Gasteiger partial charge is 0.343 e. The van der Waals surface area contributed by atoms with E-state index in [1.54, 1.807) is 12.1 Å². The second kappa shape index (κ2) is 9.28. The molecule has 7 heteroatoms. The maximum absolute atomic E-state index is 13.7. The molecule has 0 saturated heterocycles. The lowest BCUT2D eigenvalue weighted by Gasteiger charge is -2.09. The number of nitrogens with one attached hydrogen (secondary N) is 1. The largest absolute Gasteiger partial charge is 0.454 e. The molecule has 0 spiro atoms. The van der Waals surface area contributed by atoms with Gasteiger partial charge in [0.1, 0.15) is 11.4 Å². The van der Waals surface area contributed by atoms with Gasteiger partial charge in [-0.15, -0.1) is 0 Å². The summed E-state index contributed by atoms with van der Waals surface area (Å²) in [5, 5.41) is 2.64. The molecular formula is C20H19ClFNO4. The Balaban J connectivity index is 1.94. The molecule has 0 radical (unpaired) electrons. The van der Waals surface area contributed by atoms with Gasteiger partial charge in [-0.05, 0) is 42.3 Å². The summed E-state index contributed by atoms with van der Waals surface area (Å²) in [7, 11) is 0. The molecular weight excluding hydrogens is 373 g/mol. The average molecular weight is 392 g/mol. The van der Waals surface area contributed by atoms with Crippen molar-refractivity contribution in [3.8, 4) is 0 Å². The maximum Gasteiger partial charge on any atom is 0.343 e. The van der Waals surface area contributed by atoms with Crippen LogP contribution < -0.4 is 5.32 Å². The van der Waals surface area contributed by atoms with Crippen LogP contribution in [0.3, 0.4) is 0 Å².